The molecule has 1 aromatic rings. The number of carbonyl (C=O) groups excluding carboxylic acids is 1. The number of amides is 1. The third-order valence-electron chi connectivity index (χ3n) is 2.68. The number of methoxy groups -OCH3 is 1. The highest BCUT2D eigenvalue weighted by atomic mass is 19.3. The van der Waals surface area contributed by atoms with E-state index in [1.165, 1.54) is 19.2 Å². The Labute approximate surface area is 121 Å². The highest BCUT2D eigenvalue weighted by Crippen LogP contribution is 2.29. The summed E-state index contributed by atoms with van der Waals surface area (Å²) in [6.45, 7) is -1.14. The summed E-state index contributed by atoms with van der Waals surface area (Å²) in [5.74, 6) is -0.668. The molecule has 0 radical (unpaired) electrons. The first kappa shape index (κ1) is 16.7. The van der Waals surface area contributed by atoms with E-state index in [0.717, 1.165) is 12.5 Å². The van der Waals surface area contributed by atoms with Gasteiger partial charge in [0.05, 0.1) is 13.2 Å². The predicted molar refractivity (Wildman–Crippen MR) is 71.4 cm³/mol. The van der Waals surface area contributed by atoms with E-state index in [0.29, 0.717) is 6.42 Å². The van der Waals surface area contributed by atoms with Crippen LogP contribution in [0.4, 0.5) is 8.78 Å². The van der Waals surface area contributed by atoms with Gasteiger partial charge in [0.25, 0.3) is 5.91 Å². The normalized spacial score (nSPS) is 11.6. The number of carbonyl (C=O) groups is 1. The van der Waals surface area contributed by atoms with Crippen LogP contribution in [0.3, 0.4) is 0 Å². The molecule has 21 heavy (non-hydrogen) atoms. The van der Waals surface area contributed by atoms with E-state index in [1.54, 1.807) is 0 Å². The fourth-order valence-electron chi connectivity index (χ4n) is 1.71. The van der Waals surface area contributed by atoms with Gasteiger partial charge in [0, 0.05) is 5.56 Å². The van der Waals surface area contributed by atoms with Gasteiger partial charge in [0.2, 0.25) is 0 Å². The van der Waals surface area contributed by atoms with E-state index in [2.05, 4.69) is 10.1 Å². The standard InChI is InChI=1S/C14H16F2N2O3/c1-3-4-10(8-17)18-13(19)9-5-6-11(20-2)12(7-9)21-14(15)16/h5-7,10,14H,3-4H2,1-2H3,(H,18,19). The average Bonchev–Trinajstić information content (AvgIpc) is 2.45. The lowest BCUT2D eigenvalue weighted by atomic mass is 10.1. The first-order chi connectivity index (χ1) is 10.0. The first-order valence-electron chi connectivity index (χ1n) is 6.35. The third kappa shape index (κ3) is 4.91. The first-order valence-corrected chi connectivity index (χ1v) is 6.35. The molecule has 0 aliphatic rings. The van der Waals surface area contributed by atoms with Crippen LogP contribution >= 0.6 is 0 Å². The van der Waals surface area contributed by atoms with Crippen molar-refractivity contribution in [1.82, 2.24) is 5.32 Å². The van der Waals surface area contributed by atoms with Crippen molar-refractivity contribution >= 4 is 5.91 Å². The van der Waals surface area contributed by atoms with Crippen LogP contribution in [0.5, 0.6) is 11.5 Å². The Morgan fingerprint density at radius 2 is 2.14 bits per heavy atom. The minimum Gasteiger partial charge on any atom is -0.493 e. The van der Waals surface area contributed by atoms with Crippen LogP contribution in [0.2, 0.25) is 0 Å². The molecule has 0 saturated carbocycles. The van der Waals surface area contributed by atoms with Crippen molar-refractivity contribution in [2.24, 2.45) is 0 Å². The molecule has 5 nitrogen and oxygen atoms in total. The van der Waals surface area contributed by atoms with E-state index in [9.17, 15) is 13.6 Å². The van der Waals surface area contributed by atoms with Gasteiger partial charge in [-0.3, -0.25) is 4.79 Å². The van der Waals surface area contributed by atoms with Crippen LogP contribution in [-0.4, -0.2) is 25.7 Å². The molecule has 0 spiro atoms. The number of ether oxygens (including phenoxy) is 2. The molecule has 1 unspecified atom stereocenters. The summed E-state index contributed by atoms with van der Waals surface area (Å²) in [5, 5.41) is 11.4. The van der Waals surface area contributed by atoms with Gasteiger partial charge in [-0.25, -0.2) is 0 Å². The number of rotatable bonds is 7. The number of nitriles is 1. The maximum Gasteiger partial charge on any atom is 0.387 e. The van der Waals surface area contributed by atoms with Crippen molar-refractivity contribution in [1.29, 1.82) is 5.26 Å². The van der Waals surface area contributed by atoms with Crippen molar-refractivity contribution in [3.8, 4) is 17.6 Å². The Morgan fingerprint density at radius 1 is 1.43 bits per heavy atom. The van der Waals surface area contributed by atoms with E-state index in [4.69, 9.17) is 10.00 Å². The maximum absolute atomic E-state index is 12.3. The van der Waals surface area contributed by atoms with E-state index >= 15 is 0 Å². The summed E-state index contributed by atoms with van der Waals surface area (Å²) in [6, 6.07) is 5.26. The summed E-state index contributed by atoms with van der Waals surface area (Å²) in [6.07, 6.45) is 1.25. The number of hydrogen-bond acceptors (Lipinski definition) is 4. The minimum absolute atomic E-state index is 0.0947. The minimum atomic E-state index is -3.02. The zero-order chi connectivity index (χ0) is 15.8. The molecule has 7 heteroatoms. The summed E-state index contributed by atoms with van der Waals surface area (Å²) in [7, 11) is 1.31. The summed E-state index contributed by atoms with van der Waals surface area (Å²) in [4.78, 5) is 12.0. The van der Waals surface area contributed by atoms with Crippen LogP contribution in [0.15, 0.2) is 18.2 Å². The van der Waals surface area contributed by atoms with Gasteiger partial charge >= 0.3 is 6.61 Å². The molecule has 0 aliphatic heterocycles. The number of nitrogens with zero attached hydrogens (tertiary/aromatic N) is 1. The van der Waals surface area contributed by atoms with Gasteiger partial charge in [-0.1, -0.05) is 13.3 Å². The molecular formula is C14H16F2N2O3. The van der Waals surface area contributed by atoms with E-state index in [1.807, 2.05) is 13.0 Å². The smallest absolute Gasteiger partial charge is 0.387 e. The van der Waals surface area contributed by atoms with Gasteiger partial charge in [0.15, 0.2) is 11.5 Å². The Hall–Kier alpha value is -2.36. The summed E-state index contributed by atoms with van der Waals surface area (Å²) >= 11 is 0. The number of hydrogen-bond donors (Lipinski definition) is 1. The highest BCUT2D eigenvalue weighted by molar-refractivity contribution is 5.95. The van der Waals surface area contributed by atoms with Crippen molar-refractivity contribution in [2.75, 3.05) is 7.11 Å². The van der Waals surface area contributed by atoms with Crippen molar-refractivity contribution < 1.29 is 23.0 Å². The second-order valence-corrected chi connectivity index (χ2v) is 4.19. The molecule has 1 atom stereocenters. The van der Waals surface area contributed by atoms with Gasteiger partial charge in [-0.05, 0) is 24.6 Å². The van der Waals surface area contributed by atoms with Crippen molar-refractivity contribution in [3.63, 3.8) is 0 Å². The number of nitrogens with one attached hydrogen (secondary N) is 1. The topological polar surface area (TPSA) is 71.4 Å². The van der Waals surface area contributed by atoms with Gasteiger partial charge in [-0.15, -0.1) is 0 Å². The lowest BCUT2D eigenvalue weighted by Gasteiger charge is -2.13. The van der Waals surface area contributed by atoms with Crippen molar-refractivity contribution in [2.45, 2.75) is 32.4 Å². The van der Waals surface area contributed by atoms with Crippen LogP contribution in [0.25, 0.3) is 0 Å². The van der Waals surface area contributed by atoms with Gasteiger partial charge in [-0.2, -0.15) is 14.0 Å². The highest BCUT2D eigenvalue weighted by Gasteiger charge is 2.16. The molecule has 0 fully saturated rings. The molecule has 0 aliphatic carbocycles. The molecular weight excluding hydrogens is 282 g/mol. The largest absolute Gasteiger partial charge is 0.493 e. The molecule has 0 aromatic heterocycles. The molecule has 1 amide bonds. The predicted octanol–water partition coefficient (Wildman–Crippen LogP) is 2.72. The molecule has 114 valence electrons. The Bertz CT molecular complexity index is 529. The Kier molecular flexibility index (Phi) is 6.40. The molecule has 1 rings (SSSR count). The van der Waals surface area contributed by atoms with Gasteiger partial charge in [0.1, 0.15) is 6.04 Å². The molecule has 0 saturated heterocycles. The Morgan fingerprint density at radius 3 is 2.67 bits per heavy atom. The molecule has 1 aromatic carbocycles. The SMILES string of the molecule is CCCC(C#N)NC(=O)c1ccc(OC)c(OC(F)F)c1. The van der Waals surface area contributed by atoms with Crippen LogP contribution in [0, 0.1) is 11.3 Å². The van der Waals surface area contributed by atoms with Crippen LogP contribution in [-0.2, 0) is 0 Å². The van der Waals surface area contributed by atoms with Crippen molar-refractivity contribution in [3.05, 3.63) is 23.8 Å². The fourth-order valence-corrected chi connectivity index (χ4v) is 1.71. The number of benzene rings is 1. The van der Waals surface area contributed by atoms with E-state index in [-0.39, 0.29) is 17.1 Å². The second-order valence-electron chi connectivity index (χ2n) is 4.19. The summed E-state index contributed by atoms with van der Waals surface area (Å²) < 4.78 is 33.8. The number of halogens is 2. The zero-order valence-corrected chi connectivity index (χ0v) is 11.7. The molecule has 0 bridgehead atoms. The third-order valence-corrected chi connectivity index (χ3v) is 2.68. The lowest BCUT2D eigenvalue weighted by molar-refractivity contribution is -0.0512. The lowest BCUT2D eigenvalue weighted by Crippen LogP contribution is -2.33. The average molecular weight is 298 g/mol. The van der Waals surface area contributed by atoms with E-state index < -0.39 is 18.6 Å². The monoisotopic (exact) mass is 298 g/mol. The fraction of sp³-hybridized carbons (Fsp3) is 0.429. The molecule has 0 heterocycles. The van der Waals surface area contributed by atoms with Crippen LogP contribution in [0.1, 0.15) is 30.1 Å². The number of alkyl halides is 2. The summed E-state index contributed by atoms with van der Waals surface area (Å²) in [5.41, 5.74) is 0.114. The quantitative estimate of drug-likeness (QED) is 0.840. The Balaban J connectivity index is 2.92. The van der Waals surface area contributed by atoms with Gasteiger partial charge < -0.3 is 14.8 Å². The molecule has 1 N–H and O–H groups in total. The van der Waals surface area contributed by atoms with Crippen LogP contribution < -0.4 is 14.8 Å². The second kappa shape index (κ2) is 8.04. The maximum atomic E-state index is 12.3. The zero-order valence-electron chi connectivity index (χ0n) is 11.7.